The number of rotatable bonds is 6. The monoisotopic (exact) mass is 365 g/mol. The Balaban J connectivity index is 0.00000312. The normalized spacial score (nSPS) is 11.4. The van der Waals surface area contributed by atoms with Crippen LogP contribution in [0.25, 0.3) is 0 Å². The molecule has 0 saturated carbocycles. The maximum atomic E-state index is 11.8. The van der Waals surface area contributed by atoms with Crippen molar-refractivity contribution in [2.75, 3.05) is 7.11 Å². The molecule has 2 aromatic rings. The van der Waals surface area contributed by atoms with E-state index in [1.165, 1.54) is 7.11 Å². The summed E-state index contributed by atoms with van der Waals surface area (Å²) < 4.78 is 5.01. The summed E-state index contributed by atoms with van der Waals surface area (Å²) in [6.07, 6.45) is 0.104. The maximum absolute atomic E-state index is 11.8. The Morgan fingerprint density at radius 3 is 2.32 bits per heavy atom. The molecule has 0 aliphatic heterocycles. The summed E-state index contributed by atoms with van der Waals surface area (Å²) in [5.74, 6) is -0.731. The number of carbonyl (C=O) groups is 2. The summed E-state index contributed by atoms with van der Waals surface area (Å²) in [7, 11) is 1.54. The average molecular weight is 365 g/mol. The minimum absolute atomic E-state index is 0. The van der Waals surface area contributed by atoms with Gasteiger partial charge in [0.1, 0.15) is 5.75 Å². The molecule has 2 amide bonds. The van der Waals surface area contributed by atoms with E-state index in [-0.39, 0.29) is 57.8 Å². The van der Waals surface area contributed by atoms with E-state index >= 15 is 0 Å². The van der Waals surface area contributed by atoms with Crippen molar-refractivity contribution in [3.05, 3.63) is 60.2 Å². The van der Waals surface area contributed by atoms with Gasteiger partial charge in [0.15, 0.2) is 0 Å². The fourth-order valence-electron chi connectivity index (χ4n) is 1.97. The summed E-state index contributed by atoms with van der Waals surface area (Å²) in [4.78, 5) is 22.9. The SMILES string of the molecule is COc1ccc(N=NC(=O)NC(Cc2ccccc2)C(=O)[O-])cc1.[K+]. The molecule has 0 aromatic heterocycles. The van der Waals surface area contributed by atoms with Gasteiger partial charge in [-0.3, -0.25) is 0 Å². The Morgan fingerprint density at radius 2 is 1.76 bits per heavy atom. The first kappa shape index (κ1) is 21.5. The van der Waals surface area contributed by atoms with E-state index in [0.29, 0.717) is 11.4 Å². The van der Waals surface area contributed by atoms with Crippen LogP contribution in [0.1, 0.15) is 5.56 Å². The first-order valence-corrected chi connectivity index (χ1v) is 7.19. The predicted molar refractivity (Wildman–Crippen MR) is 85.0 cm³/mol. The Labute approximate surface area is 187 Å². The predicted octanol–water partition coefficient (Wildman–Crippen LogP) is -1.15. The number of nitrogens with zero attached hydrogens (tertiary/aromatic N) is 2. The van der Waals surface area contributed by atoms with Gasteiger partial charge in [0.05, 0.1) is 24.8 Å². The number of ether oxygens (including phenoxy) is 1. The average Bonchev–Trinajstić information content (AvgIpc) is 2.60. The van der Waals surface area contributed by atoms with Crippen LogP contribution in [-0.4, -0.2) is 25.2 Å². The van der Waals surface area contributed by atoms with Crippen molar-refractivity contribution in [1.82, 2.24) is 5.32 Å². The number of azo groups is 1. The zero-order chi connectivity index (χ0) is 17.4. The van der Waals surface area contributed by atoms with Crippen LogP contribution >= 0.6 is 0 Å². The van der Waals surface area contributed by atoms with E-state index in [4.69, 9.17) is 4.74 Å². The second kappa shape index (κ2) is 11.1. The van der Waals surface area contributed by atoms with Crippen molar-refractivity contribution in [2.45, 2.75) is 12.5 Å². The smallest absolute Gasteiger partial charge is 0.548 e. The summed E-state index contributed by atoms with van der Waals surface area (Å²) >= 11 is 0. The molecule has 0 aliphatic carbocycles. The number of benzene rings is 2. The topological polar surface area (TPSA) is 103 Å². The summed E-state index contributed by atoms with van der Waals surface area (Å²) in [5.41, 5.74) is 1.21. The second-order valence-electron chi connectivity index (χ2n) is 4.91. The Bertz CT molecular complexity index is 720. The van der Waals surface area contributed by atoms with E-state index in [9.17, 15) is 14.7 Å². The Hall–Kier alpha value is -1.58. The number of urea groups is 1. The van der Waals surface area contributed by atoms with Gasteiger partial charge in [0.2, 0.25) is 0 Å². The molecule has 1 unspecified atom stereocenters. The molecule has 1 N–H and O–H groups in total. The third-order valence-corrected chi connectivity index (χ3v) is 3.19. The van der Waals surface area contributed by atoms with Crippen LogP contribution in [0, 0.1) is 0 Å². The van der Waals surface area contributed by atoms with E-state index in [1.807, 2.05) is 6.07 Å². The van der Waals surface area contributed by atoms with Gasteiger partial charge in [-0.1, -0.05) is 35.4 Å². The van der Waals surface area contributed by atoms with Crippen molar-refractivity contribution in [3.8, 4) is 5.75 Å². The number of carboxylic acids is 1. The van der Waals surface area contributed by atoms with E-state index in [2.05, 4.69) is 15.5 Å². The van der Waals surface area contributed by atoms with Crippen LogP contribution < -0.4 is 66.5 Å². The van der Waals surface area contributed by atoms with Gasteiger partial charge in [-0.15, -0.1) is 5.11 Å². The molecule has 8 heteroatoms. The third kappa shape index (κ3) is 7.45. The van der Waals surface area contributed by atoms with Gasteiger partial charge in [-0.25, -0.2) is 4.79 Å². The molecule has 25 heavy (non-hydrogen) atoms. The standard InChI is InChI=1S/C17H17N3O4.K/c1-24-14-9-7-13(8-10-14)19-20-17(23)18-15(16(21)22)11-12-5-3-2-4-6-12;/h2-10,15H,11H2,1H3,(H,18,23)(H,21,22);/q;+1/p-1. The van der Waals surface area contributed by atoms with Crippen molar-refractivity contribution >= 4 is 17.7 Å². The molecular formula is C17H16KN3O4. The Kier molecular flexibility index (Phi) is 9.54. The van der Waals surface area contributed by atoms with Crippen molar-refractivity contribution < 1.29 is 70.8 Å². The van der Waals surface area contributed by atoms with Gasteiger partial charge in [0, 0.05) is 0 Å². The number of aliphatic carboxylic acids is 1. The molecule has 2 aromatic carbocycles. The molecular weight excluding hydrogens is 349 g/mol. The molecule has 7 nitrogen and oxygen atoms in total. The van der Waals surface area contributed by atoms with E-state index in [1.54, 1.807) is 48.5 Å². The molecule has 0 saturated heterocycles. The minimum atomic E-state index is -1.38. The van der Waals surface area contributed by atoms with Crippen LogP contribution in [0.2, 0.25) is 0 Å². The number of carboxylic acid groups (broad SMARTS) is 1. The first-order valence-electron chi connectivity index (χ1n) is 7.19. The molecule has 0 aliphatic rings. The van der Waals surface area contributed by atoms with Gasteiger partial charge >= 0.3 is 57.4 Å². The largest absolute Gasteiger partial charge is 1.00 e. The van der Waals surface area contributed by atoms with E-state index < -0.39 is 18.0 Å². The number of nitrogens with one attached hydrogen (secondary N) is 1. The zero-order valence-electron chi connectivity index (χ0n) is 14.0. The molecule has 0 radical (unpaired) electrons. The van der Waals surface area contributed by atoms with Crippen LogP contribution in [0.5, 0.6) is 5.75 Å². The number of amides is 2. The van der Waals surface area contributed by atoms with Gasteiger partial charge in [0.25, 0.3) is 0 Å². The fraction of sp³-hybridized carbons (Fsp3) is 0.176. The number of carbonyl (C=O) groups excluding carboxylic acids is 2. The second-order valence-corrected chi connectivity index (χ2v) is 4.91. The number of methoxy groups -OCH3 is 1. The summed E-state index contributed by atoms with van der Waals surface area (Å²) in [5, 5.41) is 20.6. The molecule has 2 rings (SSSR count). The Morgan fingerprint density at radius 1 is 1.12 bits per heavy atom. The third-order valence-electron chi connectivity index (χ3n) is 3.19. The summed E-state index contributed by atoms with van der Waals surface area (Å²) in [6, 6.07) is 13.5. The molecule has 1 atom stereocenters. The van der Waals surface area contributed by atoms with Gasteiger partial charge in [-0.05, 0) is 36.2 Å². The van der Waals surface area contributed by atoms with Crippen molar-refractivity contribution in [3.63, 3.8) is 0 Å². The molecule has 124 valence electrons. The van der Waals surface area contributed by atoms with Gasteiger partial charge < -0.3 is 20.0 Å². The maximum Gasteiger partial charge on any atom is 1.00 e. The first-order chi connectivity index (χ1) is 11.6. The van der Waals surface area contributed by atoms with Crippen molar-refractivity contribution in [2.24, 2.45) is 10.2 Å². The van der Waals surface area contributed by atoms with Crippen LogP contribution in [0.3, 0.4) is 0 Å². The van der Waals surface area contributed by atoms with Crippen molar-refractivity contribution in [1.29, 1.82) is 0 Å². The molecule has 0 spiro atoms. The quantitative estimate of drug-likeness (QED) is 0.516. The summed E-state index contributed by atoms with van der Waals surface area (Å²) in [6.45, 7) is 0. The molecule has 0 heterocycles. The van der Waals surface area contributed by atoms with Crippen LogP contribution in [0.15, 0.2) is 64.8 Å². The molecule has 0 fully saturated rings. The zero-order valence-corrected chi connectivity index (χ0v) is 17.1. The number of hydrogen-bond donors (Lipinski definition) is 1. The van der Waals surface area contributed by atoms with Crippen LogP contribution in [-0.2, 0) is 11.2 Å². The van der Waals surface area contributed by atoms with Crippen LogP contribution in [0.4, 0.5) is 10.5 Å². The van der Waals surface area contributed by atoms with E-state index in [0.717, 1.165) is 5.56 Å². The fourth-order valence-corrected chi connectivity index (χ4v) is 1.97. The van der Waals surface area contributed by atoms with Gasteiger partial charge in [-0.2, -0.15) is 0 Å². The number of hydrogen-bond acceptors (Lipinski definition) is 5. The molecule has 0 bridgehead atoms. The minimum Gasteiger partial charge on any atom is -0.548 e.